The van der Waals surface area contributed by atoms with Gasteiger partial charge in [-0.15, -0.1) is 0 Å². The predicted molar refractivity (Wildman–Crippen MR) is 91.6 cm³/mol. The molecular formula is C15H25Cl2N3O. The summed E-state index contributed by atoms with van der Waals surface area (Å²) < 4.78 is 0. The van der Waals surface area contributed by atoms with Crippen LogP contribution < -0.4 is 10.6 Å². The number of hydrogen-bond donors (Lipinski definition) is 3. The van der Waals surface area contributed by atoms with E-state index in [-0.39, 0.29) is 5.92 Å². The molecule has 21 heavy (non-hydrogen) atoms. The Balaban J connectivity index is 2.73. The molecule has 1 unspecified atom stereocenters. The summed E-state index contributed by atoms with van der Waals surface area (Å²) in [6.45, 7) is 7.45. The van der Waals surface area contributed by atoms with Crippen LogP contribution >= 0.6 is 23.2 Å². The molecule has 3 N–H and O–H groups in total. The van der Waals surface area contributed by atoms with Crippen molar-refractivity contribution < 1.29 is 5.11 Å². The molecule has 0 saturated carbocycles. The van der Waals surface area contributed by atoms with Crippen LogP contribution in [0.5, 0.6) is 0 Å². The lowest BCUT2D eigenvalue weighted by Crippen LogP contribution is -2.28. The molecule has 1 aromatic rings. The van der Waals surface area contributed by atoms with Crippen molar-refractivity contribution in [1.82, 2.24) is 4.98 Å². The molecule has 1 atom stereocenters. The van der Waals surface area contributed by atoms with Crippen molar-refractivity contribution in [2.45, 2.75) is 46.1 Å². The first kappa shape index (κ1) is 18.3. The molecule has 1 rings (SSSR count). The maximum atomic E-state index is 10.2. The Morgan fingerprint density at radius 3 is 2.19 bits per heavy atom. The van der Waals surface area contributed by atoms with Crippen LogP contribution in [0.2, 0.25) is 10.0 Å². The molecule has 0 aromatic carbocycles. The fourth-order valence-corrected chi connectivity index (χ4v) is 2.65. The second-order valence-corrected chi connectivity index (χ2v) is 5.92. The highest BCUT2D eigenvalue weighted by atomic mass is 35.5. The molecule has 120 valence electrons. The van der Waals surface area contributed by atoms with Gasteiger partial charge in [0.05, 0.1) is 16.1 Å². The normalized spacial score (nSPS) is 12.5. The number of aliphatic hydroxyl groups excluding tert-OH is 1. The van der Waals surface area contributed by atoms with Gasteiger partial charge in [0.15, 0.2) is 0 Å². The van der Waals surface area contributed by atoms with Gasteiger partial charge in [-0.25, -0.2) is 4.98 Å². The van der Waals surface area contributed by atoms with E-state index in [9.17, 15) is 5.11 Å². The molecule has 0 spiro atoms. The molecule has 4 nitrogen and oxygen atoms in total. The Morgan fingerprint density at radius 2 is 1.67 bits per heavy atom. The van der Waals surface area contributed by atoms with Crippen LogP contribution in [0.25, 0.3) is 0 Å². The van der Waals surface area contributed by atoms with Gasteiger partial charge in [0.25, 0.3) is 0 Å². The first-order valence-corrected chi connectivity index (χ1v) is 8.30. The number of anilines is 2. The third-order valence-corrected chi connectivity index (χ3v) is 4.12. The number of rotatable bonds is 9. The Kier molecular flexibility index (Phi) is 8.15. The highest BCUT2D eigenvalue weighted by Crippen LogP contribution is 2.29. The molecule has 0 bridgehead atoms. The minimum Gasteiger partial charge on any atom is -0.391 e. The number of hydrogen-bond acceptors (Lipinski definition) is 4. The summed E-state index contributed by atoms with van der Waals surface area (Å²) in [6.07, 6.45) is 2.46. The summed E-state index contributed by atoms with van der Waals surface area (Å²) in [6, 6.07) is 1.67. The molecule has 6 heteroatoms. The lowest BCUT2D eigenvalue weighted by molar-refractivity contribution is 0.114. The van der Waals surface area contributed by atoms with Crippen molar-refractivity contribution in [3.63, 3.8) is 0 Å². The molecule has 0 amide bonds. The highest BCUT2D eigenvalue weighted by Gasteiger charge is 2.16. The van der Waals surface area contributed by atoms with E-state index in [0.717, 1.165) is 25.8 Å². The largest absolute Gasteiger partial charge is 0.391 e. The van der Waals surface area contributed by atoms with E-state index in [1.165, 1.54) is 0 Å². The first-order chi connectivity index (χ1) is 10.0. The number of aromatic nitrogens is 1. The van der Waals surface area contributed by atoms with Crippen molar-refractivity contribution in [1.29, 1.82) is 0 Å². The first-order valence-electron chi connectivity index (χ1n) is 7.55. The lowest BCUT2D eigenvalue weighted by Gasteiger charge is -2.21. The molecule has 0 saturated heterocycles. The lowest BCUT2D eigenvalue weighted by atomic mass is 9.97. The van der Waals surface area contributed by atoms with Gasteiger partial charge in [-0.2, -0.15) is 0 Å². The predicted octanol–water partition coefficient (Wildman–Crippen LogP) is 4.42. The van der Waals surface area contributed by atoms with E-state index >= 15 is 0 Å². The van der Waals surface area contributed by atoms with Gasteiger partial charge in [-0.05, 0) is 18.4 Å². The van der Waals surface area contributed by atoms with Gasteiger partial charge in [0.1, 0.15) is 11.6 Å². The fourth-order valence-electron chi connectivity index (χ4n) is 2.16. The zero-order valence-electron chi connectivity index (χ0n) is 12.9. The van der Waals surface area contributed by atoms with Crippen LogP contribution in [-0.4, -0.2) is 29.3 Å². The summed E-state index contributed by atoms with van der Waals surface area (Å²) >= 11 is 12.3. The third kappa shape index (κ3) is 5.53. The zero-order chi connectivity index (χ0) is 15.8. The number of halogens is 2. The minimum absolute atomic E-state index is 0.279. The summed E-state index contributed by atoms with van der Waals surface area (Å²) in [4.78, 5) is 4.40. The van der Waals surface area contributed by atoms with Gasteiger partial charge in [-0.1, -0.05) is 56.8 Å². The Morgan fingerprint density at radius 1 is 1.10 bits per heavy atom. The minimum atomic E-state index is -0.416. The van der Waals surface area contributed by atoms with Crippen LogP contribution in [0, 0.1) is 5.92 Å². The topological polar surface area (TPSA) is 57.2 Å². The number of nitrogens with one attached hydrogen (secondary N) is 2. The van der Waals surface area contributed by atoms with Gasteiger partial charge in [-0.3, -0.25) is 0 Å². The van der Waals surface area contributed by atoms with Crippen LogP contribution in [0.15, 0.2) is 6.07 Å². The Bertz CT molecular complexity index is 439. The molecule has 1 aromatic heterocycles. The van der Waals surface area contributed by atoms with Crippen molar-refractivity contribution in [2.24, 2.45) is 5.92 Å². The molecule has 1 heterocycles. The van der Waals surface area contributed by atoms with Crippen LogP contribution in [-0.2, 0) is 0 Å². The van der Waals surface area contributed by atoms with Gasteiger partial charge in [0, 0.05) is 13.1 Å². The number of nitrogens with zero attached hydrogens (tertiary/aromatic N) is 1. The average molecular weight is 334 g/mol. The summed E-state index contributed by atoms with van der Waals surface area (Å²) in [5, 5.41) is 17.4. The zero-order valence-corrected chi connectivity index (χ0v) is 14.4. The maximum absolute atomic E-state index is 10.2. The number of aliphatic hydroxyl groups is 1. The van der Waals surface area contributed by atoms with Gasteiger partial charge >= 0.3 is 0 Å². The van der Waals surface area contributed by atoms with E-state index < -0.39 is 6.10 Å². The second-order valence-electron chi connectivity index (χ2n) is 5.10. The van der Waals surface area contributed by atoms with Crippen LogP contribution in [0.4, 0.5) is 11.6 Å². The van der Waals surface area contributed by atoms with Crippen LogP contribution in [0.3, 0.4) is 0 Å². The molecule has 0 fully saturated rings. The molecule has 0 aliphatic heterocycles. The van der Waals surface area contributed by atoms with Gasteiger partial charge in [0.2, 0.25) is 0 Å². The van der Waals surface area contributed by atoms with Crippen molar-refractivity contribution >= 4 is 34.8 Å². The second kappa shape index (κ2) is 9.34. The number of pyridine rings is 1. The van der Waals surface area contributed by atoms with E-state index in [0.29, 0.717) is 28.2 Å². The molecule has 0 radical (unpaired) electrons. The molecule has 0 aliphatic rings. The maximum Gasteiger partial charge on any atom is 0.147 e. The third-order valence-electron chi connectivity index (χ3n) is 3.54. The van der Waals surface area contributed by atoms with E-state index in [1.807, 2.05) is 0 Å². The van der Waals surface area contributed by atoms with Crippen molar-refractivity contribution in [3.8, 4) is 0 Å². The highest BCUT2D eigenvalue weighted by molar-refractivity contribution is 6.37. The average Bonchev–Trinajstić information content (AvgIpc) is 2.46. The smallest absolute Gasteiger partial charge is 0.147 e. The quantitative estimate of drug-likeness (QED) is 0.626. The van der Waals surface area contributed by atoms with E-state index in [2.05, 4.69) is 36.4 Å². The van der Waals surface area contributed by atoms with Crippen molar-refractivity contribution in [3.05, 3.63) is 16.1 Å². The monoisotopic (exact) mass is 333 g/mol. The summed E-state index contributed by atoms with van der Waals surface area (Å²) in [5.74, 6) is 1.44. The SMILES string of the molecule is CCCNc1nc(NCC(O)C(CC)CC)c(Cl)cc1Cl. The van der Waals surface area contributed by atoms with E-state index in [1.54, 1.807) is 6.07 Å². The molecule has 0 aliphatic carbocycles. The standard InChI is InChI=1S/C15H25Cl2N3O/c1-4-7-18-14-11(16)8-12(17)15(20-14)19-9-13(21)10(5-2)6-3/h8,10,13,21H,4-7,9H2,1-3H3,(H2,18,19,20). The van der Waals surface area contributed by atoms with Crippen molar-refractivity contribution in [2.75, 3.05) is 23.7 Å². The van der Waals surface area contributed by atoms with Gasteiger partial charge < -0.3 is 15.7 Å². The van der Waals surface area contributed by atoms with Crippen LogP contribution in [0.1, 0.15) is 40.0 Å². The Labute approximate surface area is 137 Å². The fraction of sp³-hybridized carbons (Fsp3) is 0.667. The summed E-state index contributed by atoms with van der Waals surface area (Å²) in [7, 11) is 0. The Hall–Kier alpha value is -0.710. The van der Waals surface area contributed by atoms with E-state index in [4.69, 9.17) is 23.2 Å². The summed E-state index contributed by atoms with van der Waals surface area (Å²) in [5.41, 5.74) is 0. The molecular weight excluding hydrogens is 309 g/mol.